The number of benzene rings is 1. The maximum atomic E-state index is 12.6. The molecule has 1 heterocycles. The van der Waals surface area contributed by atoms with Crippen LogP contribution in [0.5, 0.6) is 0 Å². The van der Waals surface area contributed by atoms with Crippen LogP contribution in [0.2, 0.25) is 0 Å². The first-order valence-electron chi connectivity index (χ1n) is 4.94. The lowest BCUT2D eigenvalue weighted by Crippen LogP contribution is -2.28. The molecule has 2 N–H and O–H groups in total. The zero-order chi connectivity index (χ0) is 9.97. The van der Waals surface area contributed by atoms with Gasteiger partial charge in [0.05, 0.1) is 6.10 Å². The van der Waals surface area contributed by atoms with Gasteiger partial charge in [0.25, 0.3) is 0 Å². The minimum absolute atomic E-state index is 0.125. The summed E-state index contributed by atoms with van der Waals surface area (Å²) in [6.45, 7) is 0.961. The van der Waals surface area contributed by atoms with Crippen LogP contribution >= 0.6 is 0 Å². The SMILES string of the molecule is OC(c1ccc(F)cc1)[C@H]1CCCN1. The number of hydrogen-bond acceptors (Lipinski definition) is 2. The summed E-state index contributed by atoms with van der Waals surface area (Å²) < 4.78 is 12.6. The highest BCUT2D eigenvalue weighted by Gasteiger charge is 2.23. The largest absolute Gasteiger partial charge is 0.387 e. The zero-order valence-electron chi connectivity index (χ0n) is 7.91. The van der Waals surface area contributed by atoms with Crippen LogP contribution in [-0.4, -0.2) is 17.7 Å². The van der Waals surface area contributed by atoms with Crippen LogP contribution in [0.15, 0.2) is 24.3 Å². The number of aliphatic hydroxyl groups excluding tert-OH is 1. The molecule has 14 heavy (non-hydrogen) atoms. The average molecular weight is 195 g/mol. The van der Waals surface area contributed by atoms with Gasteiger partial charge in [-0.2, -0.15) is 0 Å². The van der Waals surface area contributed by atoms with E-state index >= 15 is 0 Å². The Bertz CT molecular complexity index is 293. The Kier molecular flexibility index (Phi) is 2.79. The molecule has 1 aromatic carbocycles. The lowest BCUT2D eigenvalue weighted by molar-refractivity contribution is 0.137. The second-order valence-corrected chi connectivity index (χ2v) is 3.70. The second kappa shape index (κ2) is 4.07. The third kappa shape index (κ3) is 1.94. The van der Waals surface area contributed by atoms with Crippen molar-refractivity contribution in [2.24, 2.45) is 0 Å². The van der Waals surface area contributed by atoms with Crippen LogP contribution in [0.1, 0.15) is 24.5 Å². The topological polar surface area (TPSA) is 32.3 Å². The first-order chi connectivity index (χ1) is 6.77. The molecule has 1 aliphatic heterocycles. The number of hydrogen-bond donors (Lipinski definition) is 2. The third-order valence-corrected chi connectivity index (χ3v) is 2.69. The molecular weight excluding hydrogens is 181 g/mol. The molecular formula is C11H14FNO. The second-order valence-electron chi connectivity index (χ2n) is 3.70. The summed E-state index contributed by atoms with van der Waals surface area (Å²) in [5.41, 5.74) is 0.783. The number of aliphatic hydroxyl groups is 1. The first kappa shape index (κ1) is 9.62. The Labute approximate surface area is 82.8 Å². The first-order valence-corrected chi connectivity index (χ1v) is 4.94. The Balaban J connectivity index is 2.09. The van der Waals surface area contributed by atoms with Gasteiger partial charge in [-0.25, -0.2) is 4.39 Å². The van der Waals surface area contributed by atoms with E-state index in [0.29, 0.717) is 0 Å². The smallest absolute Gasteiger partial charge is 0.123 e. The van der Waals surface area contributed by atoms with Gasteiger partial charge in [0.1, 0.15) is 5.82 Å². The molecule has 1 aliphatic rings. The fraction of sp³-hybridized carbons (Fsp3) is 0.455. The van der Waals surface area contributed by atoms with Gasteiger partial charge in [-0.1, -0.05) is 12.1 Å². The molecule has 2 atom stereocenters. The molecule has 2 rings (SSSR count). The monoisotopic (exact) mass is 195 g/mol. The summed E-state index contributed by atoms with van der Waals surface area (Å²) in [5, 5.41) is 13.2. The van der Waals surface area contributed by atoms with E-state index in [2.05, 4.69) is 5.32 Å². The molecule has 2 nitrogen and oxygen atoms in total. The minimum atomic E-state index is -0.516. The van der Waals surface area contributed by atoms with Gasteiger partial charge >= 0.3 is 0 Å². The van der Waals surface area contributed by atoms with Crippen molar-refractivity contribution in [3.05, 3.63) is 35.6 Å². The van der Waals surface area contributed by atoms with E-state index in [0.717, 1.165) is 24.9 Å². The summed E-state index contributed by atoms with van der Waals surface area (Å²) in [5.74, 6) is -0.264. The van der Waals surface area contributed by atoms with E-state index < -0.39 is 6.10 Å². The van der Waals surface area contributed by atoms with Crippen molar-refractivity contribution < 1.29 is 9.50 Å². The van der Waals surface area contributed by atoms with E-state index in [1.54, 1.807) is 12.1 Å². The average Bonchev–Trinajstić information content (AvgIpc) is 2.71. The standard InChI is InChI=1S/C11H14FNO/c12-9-5-3-8(4-6-9)11(14)10-2-1-7-13-10/h3-6,10-11,13-14H,1-2,7H2/t10-,11?/m1/s1. The number of rotatable bonds is 2. The van der Waals surface area contributed by atoms with Crippen molar-refractivity contribution >= 4 is 0 Å². The van der Waals surface area contributed by atoms with Crippen molar-refractivity contribution in [3.63, 3.8) is 0 Å². The fourth-order valence-electron chi connectivity index (χ4n) is 1.87. The van der Waals surface area contributed by atoms with Gasteiger partial charge in [0, 0.05) is 6.04 Å². The lowest BCUT2D eigenvalue weighted by Gasteiger charge is -2.18. The van der Waals surface area contributed by atoms with Gasteiger partial charge in [-0.15, -0.1) is 0 Å². The van der Waals surface area contributed by atoms with Gasteiger partial charge in [0.15, 0.2) is 0 Å². The quantitative estimate of drug-likeness (QED) is 0.751. The molecule has 0 aliphatic carbocycles. The molecule has 76 valence electrons. The fourth-order valence-corrected chi connectivity index (χ4v) is 1.87. The Morgan fingerprint density at radius 1 is 1.36 bits per heavy atom. The summed E-state index contributed by atoms with van der Waals surface area (Å²) >= 11 is 0. The summed E-state index contributed by atoms with van der Waals surface area (Å²) in [6.07, 6.45) is 1.57. The summed E-state index contributed by atoms with van der Waals surface area (Å²) in [7, 11) is 0. The molecule has 0 saturated carbocycles. The van der Waals surface area contributed by atoms with Gasteiger partial charge in [-0.3, -0.25) is 0 Å². The number of nitrogens with one attached hydrogen (secondary N) is 1. The molecule has 1 aromatic rings. The van der Waals surface area contributed by atoms with E-state index in [4.69, 9.17) is 0 Å². The van der Waals surface area contributed by atoms with Crippen molar-refractivity contribution in [1.82, 2.24) is 5.32 Å². The summed E-state index contributed by atoms with van der Waals surface area (Å²) in [4.78, 5) is 0. The maximum absolute atomic E-state index is 12.6. The van der Waals surface area contributed by atoms with Crippen LogP contribution in [-0.2, 0) is 0 Å². The van der Waals surface area contributed by atoms with E-state index in [9.17, 15) is 9.50 Å². The van der Waals surface area contributed by atoms with Crippen LogP contribution in [0.4, 0.5) is 4.39 Å². The minimum Gasteiger partial charge on any atom is -0.387 e. The van der Waals surface area contributed by atoms with Gasteiger partial charge in [0.2, 0.25) is 0 Å². The molecule has 0 bridgehead atoms. The molecule has 0 spiro atoms. The molecule has 0 aromatic heterocycles. The predicted molar refractivity (Wildman–Crippen MR) is 52.4 cm³/mol. The van der Waals surface area contributed by atoms with Gasteiger partial charge < -0.3 is 10.4 Å². The Hall–Kier alpha value is -0.930. The molecule has 1 unspecified atom stereocenters. The Morgan fingerprint density at radius 3 is 2.64 bits per heavy atom. The van der Waals surface area contributed by atoms with Crippen LogP contribution in [0, 0.1) is 5.82 Å². The third-order valence-electron chi connectivity index (χ3n) is 2.69. The Morgan fingerprint density at radius 2 is 2.07 bits per heavy atom. The highest BCUT2D eigenvalue weighted by Crippen LogP contribution is 2.22. The maximum Gasteiger partial charge on any atom is 0.123 e. The van der Waals surface area contributed by atoms with E-state index in [-0.39, 0.29) is 11.9 Å². The van der Waals surface area contributed by atoms with Crippen LogP contribution in [0.3, 0.4) is 0 Å². The molecule has 0 amide bonds. The van der Waals surface area contributed by atoms with Crippen molar-refractivity contribution in [1.29, 1.82) is 0 Å². The van der Waals surface area contributed by atoms with Crippen molar-refractivity contribution in [2.75, 3.05) is 6.54 Å². The molecule has 1 fully saturated rings. The predicted octanol–water partition coefficient (Wildman–Crippen LogP) is 1.61. The highest BCUT2D eigenvalue weighted by molar-refractivity contribution is 5.20. The van der Waals surface area contributed by atoms with E-state index in [1.807, 2.05) is 0 Å². The number of halogens is 1. The molecule has 1 saturated heterocycles. The van der Waals surface area contributed by atoms with Crippen molar-refractivity contribution in [2.45, 2.75) is 25.0 Å². The van der Waals surface area contributed by atoms with Gasteiger partial charge in [-0.05, 0) is 37.1 Å². The van der Waals surface area contributed by atoms with E-state index in [1.165, 1.54) is 12.1 Å². The lowest BCUT2D eigenvalue weighted by atomic mass is 10.0. The van der Waals surface area contributed by atoms with Crippen molar-refractivity contribution in [3.8, 4) is 0 Å². The van der Waals surface area contributed by atoms with Crippen LogP contribution in [0.25, 0.3) is 0 Å². The highest BCUT2D eigenvalue weighted by atomic mass is 19.1. The summed E-state index contributed by atoms with van der Waals surface area (Å²) in [6, 6.07) is 6.17. The zero-order valence-corrected chi connectivity index (χ0v) is 7.91. The molecule has 3 heteroatoms. The normalized spacial score (nSPS) is 23.7. The van der Waals surface area contributed by atoms with Crippen LogP contribution < -0.4 is 5.32 Å². The molecule has 0 radical (unpaired) electrons.